The molecule has 0 N–H and O–H groups in total. The van der Waals surface area contributed by atoms with Crippen LogP contribution in [0.5, 0.6) is 5.75 Å². The number of hydrogen-bond acceptors (Lipinski definition) is 4. The molecule has 5 heteroatoms. The van der Waals surface area contributed by atoms with E-state index in [-0.39, 0.29) is 41.3 Å². The van der Waals surface area contributed by atoms with Gasteiger partial charge in [-0.2, -0.15) is 0 Å². The standard InChI is InChI=1S/C24H30O3S.Na.H/c1-4-11-22-23(16-15-21(18(2)25)24(22)27-19(3)26)28-17-10-6-9-14-20-12-7-5-8-13-20;;/h5,7-8,12-13,15-16H,4,6,9-11,14,17H2,1-3H3;;. The van der Waals surface area contributed by atoms with Crippen molar-refractivity contribution in [2.45, 2.75) is 64.2 Å². The third-order valence-corrected chi connectivity index (χ3v) is 5.74. The van der Waals surface area contributed by atoms with Crippen molar-refractivity contribution in [3.05, 3.63) is 59.2 Å². The van der Waals surface area contributed by atoms with E-state index in [1.54, 1.807) is 17.8 Å². The zero-order chi connectivity index (χ0) is 20.4. The zero-order valence-corrected chi connectivity index (χ0v) is 17.9. The van der Waals surface area contributed by atoms with E-state index in [4.69, 9.17) is 4.74 Å². The van der Waals surface area contributed by atoms with Crippen molar-refractivity contribution in [1.82, 2.24) is 0 Å². The van der Waals surface area contributed by atoms with Crippen LogP contribution in [0.3, 0.4) is 0 Å². The number of thioether (sulfide) groups is 1. The van der Waals surface area contributed by atoms with Gasteiger partial charge < -0.3 is 4.74 Å². The monoisotopic (exact) mass is 422 g/mol. The van der Waals surface area contributed by atoms with Gasteiger partial charge in [-0.3, -0.25) is 9.59 Å². The van der Waals surface area contributed by atoms with Crippen LogP contribution >= 0.6 is 11.8 Å². The summed E-state index contributed by atoms with van der Waals surface area (Å²) in [6.45, 7) is 4.99. The van der Waals surface area contributed by atoms with E-state index in [0.717, 1.165) is 41.9 Å². The summed E-state index contributed by atoms with van der Waals surface area (Å²) in [5.74, 6) is 1.01. The molecule has 0 aliphatic heterocycles. The Morgan fingerprint density at radius 2 is 1.66 bits per heavy atom. The van der Waals surface area contributed by atoms with Crippen molar-refractivity contribution in [3.8, 4) is 5.75 Å². The van der Waals surface area contributed by atoms with E-state index in [2.05, 4.69) is 37.3 Å². The van der Waals surface area contributed by atoms with Crippen molar-refractivity contribution in [2.75, 3.05) is 5.75 Å². The van der Waals surface area contributed by atoms with Crippen molar-refractivity contribution in [2.24, 2.45) is 0 Å². The first kappa shape index (κ1) is 26.0. The second-order valence-corrected chi connectivity index (χ2v) is 8.10. The number of aryl methyl sites for hydroxylation is 1. The molecule has 29 heavy (non-hydrogen) atoms. The number of benzene rings is 2. The SMILES string of the molecule is CCCc1c(SCCCCCc2ccccc2)ccc(C(C)=O)c1OC(C)=O.[NaH]. The predicted molar refractivity (Wildman–Crippen MR) is 124 cm³/mol. The van der Waals surface area contributed by atoms with Crippen LogP contribution in [0.1, 0.15) is 67.9 Å². The van der Waals surface area contributed by atoms with E-state index >= 15 is 0 Å². The number of ketones is 1. The molecule has 0 aliphatic rings. The molecule has 0 atom stereocenters. The first-order valence-corrected chi connectivity index (χ1v) is 11.0. The molecule has 152 valence electrons. The number of unbranched alkanes of at least 4 members (excludes halogenated alkanes) is 2. The van der Waals surface area contributed by atoms with Gasteiger partial charge in [0.1, 0.15) is 5.75 Å². The van der Waals surface area contributed by atoms with Crippen molar-refractivity contribution < 1.29 is 14.3 Å². The molecule has 0 fully saturated rings. The molecule has 0 unspecified atom stereocenters. The summed E-state index contributed by atoms with van der Waals surface area (Å²) in [4.78, 5) is 24.6. The van der Waals surface area contributed by atoms with Crippen LogP contribution in [0, 0.1) is 0 Å². The molecule has 0 radical (unpaired) electrons. The summed E-state index contributed by atoms with van der Waals surface area (Å²) < 4.78 is 5.45. The molecule has 0 aromatic heterocycles. The maximum atomic E-state index is 12.0. The number of ether oxygens (including phenoxy) is 1. The fourth-order valence-corrected chi connectivity index (χ4v) is 4.31. The summed E-state index contributed by atoms with van der Waals surface area (Å²) >= 11 is 1.79. The summed E-state index contributed by atoms with van der Waals surface area (Å²) in [6, 6.07) is 14.4. The Labute approximate surface area is 201 Å². The average Bonchev–Trinajstić information content (AvgIpc) is 2.67. The average molecular weight is 423 g/mol. The Morgan fingerprint density at radius 1 is 0.931 bits per heavy atom. The van der Waals surface area contributed by atoms with E-state index < -0.39 is 0 Å². The number of esters is 1. The van der Waals surface area contributed by atoms with Gasteiger partial charge in [-0.05, 0) is 56.1 Å². The normalized spacial score (nSPS) is 10.3. The van der Waals surface area contributed by atoms with Crippen molar-refractivity contribution in [1.29, 1.82) is 0 Å². The van der Waals surface area contributed by atoms with Gasteiger partial charge in [0, 0.05) is 17.4 Å². The zero-order valence-electron chi connectivity index (χ0n) is 17.1. The minimum atomic E-state index is -0.386. The van der Waals surface area contributed by atoms with Crippen LogP contribution in [0.15, 0.2) is 47.4 Å². The fourth-order valence-electron chi connectivity index (χ4n) is 3.20. The first-order valence-electron chi connectivity index (χ1n) is 10.0. The van der Waals surface area contributed by atoms with Crippen LogP contribution in [0.4, 0.5) is 0 Å². The molecule has 0 saturated heterocycles. The van der Waals surface area contributed by atoms with Gasteiger partial charge in [0.15, 0.2) is 5.78 Å². The van der Waals surface area contributed by atoms with Gasteiger partial charge in [-0.25, -0.2) is 0 Å². The molecule has 3 nitrogen and oxygen atoms in total. The van der Waals surface area contributed by atoms with Crippen molar-refractivity contribution in [3.63, 3.8) is 0 Å². The van der Waals surface area contributed by atoms with Crippen molar-refractivity contribution >= 4 is 53.1 Å². The summed E-state index contributed by atoms with van der Waals surface area (Å²) in [5.41, 5.74) is 2.87. The molecule has 0 heterocycles. The van der Waals surface area contributed by atoms with E-state index in [1.807, 2.05) is 6.07 Å². The Morgan fingerprint density at radius 3 is 2.28 bits per heavy atom. The number of hydrogen-bond donors (Lipinski definition) is 0. The molecular formula is C24H31NaO3S. The molecular weight excluding hydrogens is 391 g/mol. The van der Waals surface area contributed by atoms with Crippen LogP contribution in [0.25, 0.3) is 0 Å². The van der Waals surface area contributed by atoms with Gasteiger partial charge in [0.25, 0.3) is 0 Å². The van der Waals surface area contributed by atoms with E-state index in [1.165, 1.54) is 32.3 Å². The van der Waals surface area contributed by atoms with E-state index in [0.29, 0.717) is 11.3 Å². The Hall–Kier alpha value is -1.07. The molecule has 2 aromatic carbocycles. The number of carbonyl (C=O) groups excluding carboxylic acids is 2. The summed E-state index contributed by atoms with van der Waals surface area (Å²) in [7, 11) is 0. The minimum absolute atomic E-state index is 0. The van der Waals surface area contributed by atoms with Gasteiger partial charge in [0.2, 0.25) is 0 Å². The third kappa shape index (κ3) is 8.67. The number of carbonyl (C=O) groups is 2. The second kappa shape index (κ2) is 14.0. The van der Waals surface area contributed by atoms with Gasteiger partial charge in [0.05, 0.1) is 5.56 Å². The third-order valence-electron chi connectivity index (χ3n) is 4.55. The molecule has 2 aromatic rings. The maximum absolute atomic E-state index is 12.0. The fraction of sp³-hybridized carbons (Fsp3) is 0.417. The molecule has 0 spiro atoms. The molecule has 0 bridgehead atoms. The van der Waals surface area contributed by atoms with Crippen LogP contribution in [-0.2, 0) is 17.6 Å². The quantitative estimate of drug-likeness (QED) is 0.118. The topological polar surface area (TPSA) is 43.4 Å². The molecule has 0 aliphatic carbocycles. The van der Waals surface area contributed by atoms with Crippen LogP contribution in [0.2, 0.25) is 0 Å². The molecule has 2 rings (SSSR count). The predicted octanol–water partition coefficient (Wildman–Crippen LogP) is 5.62. The van der Waals surface area contributed by atoms with Gasteiger partial charge >= 0.3 is 35.5 Å². The Kier molecular flexibility index (Phi) is 12.6. The number of rotatable bonds is 11. The Bertz CT molecular complexity index is 790. The Balaban J connectivity index is 0.00000420. The van der Waals surface area contributed by atoms with Crippen LogP contribution < -0.4 is 4.74 Å². The molecule has 0 amide bonds. The summed E-state index contributed by atoms with van der Waals surface area (Å²) in [5, 5.41) is 0. The molecule has 0 saturated carbocycles. The summed E-state index contributed by atoms with van der Waals surface area (Å²) in [6.07, 6.45) is 6.36. The first-order chi connectivity index (χ1) is 13.5. The van der Waals surface area contributed by atoms with E-state index in [9.17, 15) is 9.59 Å². The van der Waals surface area contributed by atoms with Gasteiger partial charge in [-0.1, -0.05) is 50.1 Å². The van der Waals surface area contributed by atoms with Crippen LogP contribution in [-0.4, -0.2) is 47.1 Å². The second-order valence-electron chi connectivity index (χ2n) is 6.96. The van der Waals surface area contributed by atoms with Gasteiger partial charge in [-0.15, -0.1) is 11.8 Å². The number of Topliss-reactive ketones (excluding diaryl/α,β-unsaturated/α-hetero) is 1.